The molecule has 1 fully saturated rings. The molecule has 1 aliphatic carbocycles. The summed E-state index contributed by atoms with van der Waals surface area (Å²) in [6, 6.07) is 0. The average molecular weight is 214 g/mol. The van der Waals surface area contributed by atoms with E-state index in [9.17, 15) is 4.79 Å². The number of carbonyl (C=O) groups excluding carboxylic acids is 1. The fourth-order valence-electron chi connectivity index (χ4n) is 2.33. The lowest BCUT2D eigenvalue weighted by Gasteiger charge is -2.33. The predicted octanol–water partition coefficient (Wildman–Crippen LogP) is 2.39. The molecular formula is C12H22O3. The molecule has 88 valence electrons. The van der Waals surface area contributed by atoms with Crippen LogP contribution in [-0.2, 0) is 14.3 Å². The minimum atomic E-state index is -0.278. The van der Waals surface area contributed by atoms with Gasteiger partial charge in [0.2, 0.25) is 0 Å². The Balaban J connectivity index is 2.28. The minimum absolute atomic E-state index is 0.0995. The summed E-state index contributed by atoms with van der Waals surface area (Å²) < 4.78 is 10.1. The Labute approximate surface area is 92.1 Å². The van der Waals surface area contributed by atoms with Gasteiger partial charge in [-0.25, -0.2) is 4.79 Å². The zero-order valence-electron chi connectivity index (χ0n) is 9.99. The third kappa shape index (κ3) is 3.82. The van der Waals surface area contributed by atoms with Crippen LogP contribution < -0.4 is 0 Å². The maximum Gasteiger partial charge on any atom is 0.331 e. The predicted molar refractivity (Wildman–Crippen MR) is 58.6 cm³/mol. The van der Waals surface area contributed by atoms with Gasteiger partial charge in [0.25, 0.3) is 0 Å². The van der Waals surface area contributed by atoms with Gasteiger partial charge in [-0.3, -0.25) is 0 Å². The van der Waals surface area contributed by atoms with Gasteiger partial charge in [-0.15, -0.1) is 0 Å². The fourth-order valence-corrected chi connectivity index (χ4v) is 2.33. The summed E-state index contributed by atoms with van der Waals surface area (Å²) in [4.78, 5) is 10.9. The average Bonchev–Trinajstić information content (AvgIpc) is 2.26. The topological polar surface area (TPSA) is 35.5 Å². The maximum absolute atomic E-state index is 10.9. The zero-order chi connectivity index (χ0) is 11.3. The van der Waals surface area contributed by atoms with Crippen molar-refractivity contribution in [2.75, 3.05) is 13.7 Å². The van der Waals surface area contributed by atoms with Crippen molar-refractivity contribution < 1.29 is 14.3 Å². The van der Waals surface area contributed by atoms with Gasteiger partial charge in [-0.1, -0.05) is 20.3 Å². The van der Waals surface area contributed by atoms with Crippen LogP contribution in [0.1, 0.15) is 39.5 Å². The van der Waals surface area contributed by atoms with Crippen LogP contribution in [0.25, 0.3) is 0 Å². The van der Waals surface area contributed by atoms with Crippen LogP contribution >= 0.6 is 0 Å². The Hall–Kier alpha value is -0.570. The van der Waals surface area contributed by atoms with Gasteiger partial charge in [0.15, 0.2) is 0 Å². The van der Waals surface area contributed by atoms with E-state index >= 15 is 0 Å². The Morgan fingerprint density at radius 2 is 2.13 bits per heavy atom. The molecule has 1 saturated carbocycles. The minimum Gasteiger partial charge on any atom is -0.467 e. The third-order valence-electron chi connectivity index (χ3n) is 3.42. The van der Waals surface area contributed by atoms with Crippen LogP contribution in [0.4, 0.5) is 0 Å². The summed E-state index contributed by atoms with van der Waals surface area (Å²) in [7, 11) is 1.39. The molecule has 3 heteroatoms. The number of hydrogen-bond donors (Lipinski definition) is 0. The molecule has 0 bridgehead atoms. The molecule has 1 rings (SSSR count). The van der Waals surface area contributed by atoms with Crippen LogP contribution in [0.15, 0.2) is 0 Å². The second kappa shape index (κ2) is 6.11. The van der Waals surface area contributed by atoms with Gasteiger partial charge in [0, 0.05) is 0 Å². The normalized spacial score (nSPS) is 31.3. The lowest BCUT2D eigenvalue weighted by atomic mass is 9.79. The van der Waals surface area contributed by atoms with Gasteiger partial charge >= 0.3 is 5.97 Å². The van der Waals surface area contributed by atoms with E-state index in [0.29, 0.717) is 5.92 Å². The van der Waals surface area contributed by atoms with E-state index in [1.54, 1.807) is 0 Å². The molecule has 0 amide bonds. The van der Waals surface area contributed by atoms with Crippen molar-refractivity contribution in [3.63, 3.8) is 0 Å². The molecule has 3 unspecified atom stereocenters. The molecule has 0 aromatic carbocycles. The molecule has 0 spiro atoms. The first-order chi connectivity index (χ1) is 7.17. The summed E-state index contributed by atoms with van der Waals surface area (Å²) in [5.74, 6) is 1.13. The smallest absolute Gasteiger partial charge is 0.331 e. The summed E-state index contributed by atoms with van der Waals surface area (Å²) in [5.41, 5.74) is 0. The van der Waals surface area contributed by atoms with E-state index in [-0.39, 0.29) is 18.7 Å². The number of ether oxygens (including phenoxy) is 2. The van der Waals surface area contributed by atoms with Crippen molar-refractivity contribution in [3.8, 4) is 0 Å². The molecule has 3 atom stereocenters. The molecule has 3 nitrogen and oxygen atoms in total. The third-order valence-corrected chi connectivity index (χ3v) is 3.42. The summed E-state index contributed by atoms with van der Waals surface area (Å²) in [5, 5.41) is 0. The van der Waals surface area contributed by atoms with E-state index in [0.717, 1.165) is 12.3 Å². The molecule has 0 radical (unpaired) electrons. The molecule has 0 aliphatic heterocycles. The van der Waals surface area contributed by atoms with E-state index in [4.69, 9.17) is 4.74 Å². The number of carbonyl (C=O) groups is 1. The Morgan fingerprint density at radius 1 is 1.40 bits per heavy atom. The van der Waals surface area contributed by atoms with Crippen LogP contribution in [0.2, 0.25) is 0 Å². The van der Waals surface area contributed by atoms with Crippen molar-refractivity contribution in [3.05, 3.63) is 0 Å². The number of methoxy groups -OCH3 is 1. The van der Waals surface area contributed by atoms with Gasteiger partial charge in [0.05, 0.1) is 13.2 Å². The second-order valence-corrected chi connectivity index (χ2v) is 4.49. The number of rotatable bonds is 4. The number of esters is 1. The lowest BCUT2D eigenvalue weighted by Crippen LogP contribution is -2.31. The van der Waals surface area contributed by atoms with E-state index in [1.165, 1.54) is 26.4 Å². The summed E-state index contributed by atoms with van der Waals surface area (Å²) in [6.45, 7) is 4.55. The molecule has 15 heavy (non-hydrogen) atoms. The Kier molecular flexibility index (Phi) is 5.09. The van der Waals surface area contributed by atoms with Crippen molar-refractivity contribution in [1.29, 1.82) is 0 Å². The summed E-state index contributed by atoms with van der Waals surface area (Å²) in [6.07, 6.45) is 5.03. The quantitative estimate of drug-likeness (QED) is 0.674. The van der Waals surface area contributed by atoms with Crippen molar-refractivity contribution in [1.82, 2.24) is 0 Å². The molecule has 0 aromatic rings. The molecule has 0 saturated heterocycles. The highest BCUT2D eigenvalue weighted by atomic mass is 16.6. The fraction of sp³-hybridized carbons (Fsp3) is 0.917. The van der Waals surface area contributed by atoms with Gasteiger partial charge in [-0.05, 0) is 31.1 Å². The Bertz CT molecular complexity index is 203. The highest BCUT2D eigenvalue weighted by molar-refractivity contribution is 5.70. The second-order valence-electron chi connectivity index (χ2n) is 4.49. The van der Waals surface area contributed by atoms with E-state index < -0.39 is 0 Å². The SMILES string of the molecule is CCC1CCC(OCC(=O)OC)C(C)C1. The first kappa shape index (κ1) is 12.5. The summed E-state index contributed by atoms with van der Waals surface area (Å²) >= 11 is 0. The molecule has 0 N–H and O–H groups in total. The molecule has 0 aromatic heterocycles. The largest absolute Gasteiger partial charge is 0.467 e. The van der Waals surface area contributed by atoms with E-state index in [1.807, 2.05) is 0 Å². The monoisotopic (exact) mass is 214 g/mol. The van der Waals surface area contributed by atoms with Crippen LogP contribution in [0.3, 0.4) is 0 Å². The van der Waals surface area contributed by atoms with Crippen molar-refractivity contribution in [2.45, 2.75) is 45.6 Å². The van der Waals surface area contributed by atoms with Crippen LogP contribution in [0, 0.1) is 11.8 Å². The first-order valence-corrected chi connectivity index (χ1v) is 5.85. The van der Waals surface area contributed by atoms with Gasteiger partial charge in [-0.2, -0.15) is 0 Å². The van der Waals surface area contributed by atoms with Crippen LogP contribution in [-0.4, -0.2) is 25.8 Å². The van der Waals surface area contributed by atoms with Crippen molar-refractivity contribution in [2.24, 2.45) is 11.8 Å². The van der Waals surface area contributed by atoms with Gasteiger partial charge in [0.1, 0.15) is 6.61 Å². The molecule has 0 heterocycles. The highest BCUT2D eigenvalue weighted by Gasteiger charge is 2.27. The Morgan fingerprint density at radius 3 is 2.67 bits per heavy atom. The number of hydrogen-bond acceptors (Lipinski definition) is 3. The van der Waals surface area contributed by atoms with Gasteiger partial charge < -0.3 is 9.47 Å². The van der Waals surface area contributed by atoms with E-state index in [2.05, 4.69) is 18.6 Å². The zero-order valence-corrected chi connectivity index (χ0v) is 9.99. The maximum atomic E-state index is 10.9. The highest BCUT2D eigenvalue weighted by Crippen LogP contribution is 2.32. The molecular weight excluding hydrogens is 192 g/mol. The van der Waals surface area contributed by atoms with Crippen molar-refractivity contribution >= 4 is 5.97 Å². The van der Waals surface area contributed by atoms with Crippen LogP contribution in [0.5, 0.6) is 0 Å². The first-order valence-electron chi connectivity index (χ1n) is 5.85. The standard InChI is InChI=1S/C12H22O3/c1-4-10-5-6-11(9(2)7-10)15-8-12(13)14-3/h9-11H,4-8H2,1-3H3. The lowest BCUT2D eigenvalue weighted by molar-refractivity contribution is -0.150. The molecule has 1 aliphatic rings.